The van der Waals surface area contributed by atoms with Crippen molar-refractivity contribution in [3.05, 3.63) is 47.8 Å². The molecule has 0 spiro atoms. The Morgan fingerprint density at radius 3 is 2.39 bits per heavy atom. The Morgan fingerprint density at radius 1 is 1.04 bits per heavy atom. The van der Waals surface area contributed by atoms with Gasteiger partial charge in [0.05, 0.1) is 0 Å². The first kappa shape index (κ1) is 14.9. The Kier molecular flexibility index (Phi) is 3.93. The number of rotatable bonds is 3. The number of fused-ring (bicyclic) bond motifs is 2. The summed E-state index contributed by atoms with van der Waals surface area (Å²) in [6.45, 7) is 4.61. The molecule has 2 fully saturated rings. The van der Waals surface area contributed by atoms with Crippen molar-refractivity contribution in [1.82, 2.24) is 9.80 Å². The molecule has 3 atom stereocenters. The van der Waals surface area contributed by atoms with Crippen molar-refractivity contribution in [2.75, 3.05) is 32.7 Å². The zero-order valence-electron chi connectivity index (χ0n) is 13.3. The third kappa shape index (κ3) is 3.05. The van der Waals surface area contributed by atoms with Gasteiger partial charge in [-0.05, 0) is 54.9 Å². The molecule has 1 saturated carbocycles. The second-order valence-corrected chi connectivity index (χ2v) is 7.14. The molecule has 1 aromatic rings. The van der Waals surface area contributed by atoms with Gasteiger partial charge in [-0.15, -0.1) is 0 Å². The van der Waals surface area contributed by atoms with Crippen LogP contribution in [0.15, 0.2) is 36.4 Å². The average molecular weight is 314 g/mol. The first-order chi connectivity index (χ1) is 11.2. The zero-order chi connectivity index (χ0) is 15.8. The second-order valence-electron chi connectivity index (χ2n) is 7.14. The molecular formula is C19H23FN2O. The van der Waals surface area contributed by atoms with Crippen LogP contribution in [0.25, 0.3) is 0 Å². The number of carbonyl (C=O) groups excluding carboxylic acids is 1. The number of amides is 1. The summed E-state index contributed by atoms with van der Waals surface area (Å²) in [4.78, 5) is 16.8. The van der Waals surface area contributed by atoms with Crippen molar-refractivity contribution in [3.63, 3.8) is 0 Å². The van der Waals surface area contributed by atoms with E-state index in [0.717, 1.165) is 43.9 Å². The van der Waals surface area contributed by atoms with Gasteiger partial charge in [-0.3, -0.25) is 9.69 Å². The molecular weight excluding hydrogens is 291 g/mol. The molecule has 4 heteroatoms. The molecule has 0 aromatic heterocycles. The maximum absolute atomic E-state index is 13.0. The Morgan fingerprint density at radius 2 is 1.78 bits per heavy atom. The average Bonchev–Trinajstić information content (AvgIpc) is 3.18. The van der Waals surface area contributed by atoms with Crippen LogP contribution in [-0.4, -0.2) is 48.4 Å². The molecule has 23 heavy (non-hydrogen) atoms. The van der Waals surface area contributed by atoms with Gasteiger partial charge in [0.15, 0.2) is 0 Å². The van der Waals surface area contributed by atoms with E-state index in [-0.39, 0.29) is 11.7 Å². The minimum atomic E-state index is -0.300. The molecule has 2 bridgehead atoms. The molecule has 0 unspecified atom stereocenters. The fourth-order valence-corrected chi connectivity index (χ4v) is 4.34. The van der Waals surface area contributed by atoms with E-state index in [1.807, 2.05) is 4.90 Å². The van der Waals surface area contributed by atoms with Crippen molar-refractivity contribution >= 4 is 5.91 Å². The van der Waals surface area contributed by atoms with Crippen LogP contribution in [0.5, 0.6) is 0 Å². The van der Waals surface area contributed by atoms with Crippen LogP contribution in [-0.2, 0) is 0 Å². The summed E-state index contributed by atoms with van der Waals surface area (Å²) in [6.07, 6.45) is 7.50. The van der Waals surface area contributed by atoms with Gasteiger partial charge >= 0.3 is 0 Å². The lowest BCUT2D eigenvalue weighted by Gasteiger charge is -2.37. The van der Waals surface area contributed by atoms with E-state index in [0.29, 0.717) is 5.56 Å². The van der Waals surface area contributed by atoms with Gasteiger partial charge < -0.3 is 4.90 Å². The number of piperazine rings is 1. The summed E-state index contributed by atoms with van der Waals surface area (Å²) in [5, 5.41) is 0. The summed E-state index contributed by atoms with van der Waals surface area (Å²) in [7, 11) is 0. The predicted octanol–water partition coefficient (Wildman–Crippen LogP) is 2.80. The first-order valence-electron chi connectivity index (χ1n) is 8.64. The van der Waals surface area contributed by atoms with Crippen LogP contribution in [0.4, 0.5) is 4.39 Å². The van der Waals surface area contributed by atoms with Gasteiger partial charge in [-0.25, -0.2) is 4.39 Å². The van der Waals surface area contributed by atoms with E-state index in [4.69, 9.17) is 0 Å². The van der Waals surface area contributed by atoms with Gasteiger partial charge in [0, 0.05) is 38.3 Å². The number of carbonyl (C=O) groups is 1. The Bertz CT molecular complexity index is 604. The summed E-state index contributed by atoms with van der Waals surface area (Å²) in [6, 6.07) is 5.86. The molecule has 1 aromatic carbocycles. The first-order valence-corrected chi connectivity index (χ1v) is 8.64. The van der Waals surface area contributed by atoms with E-state index in [1.165, 1.54) is 31.5 Å². The van der Waals surface area contributed by atoms with Crippen molar-refractivity contribution in [3.8, 4) is 0 Å². The molecule has 1 aliphatic heterocycles. The van der Waals surface area contributed by atoms with Crippen molar-refractivity contribution in [2.24, 2.45) is 17.8 Å². The molecule has 0 N–H and O–H groups in total. The van der Waals surface area contributed by atoms with Crippen LogP contribution >= 0.6 is 0 Å². The van der Waals surface area contributed by atoms with Crippen molar-refractivity contribution in [1.29, 1.82) is 0 Å². The molecule has 1 saturated heterocycles. The fraction of sp³-hybridized carbons (Fsp3) is 0.526. The quantitative estimate of drug-likeness (QED) is 0.801. The lowest BCUT2D eigenvalue weighted by Crippen LogP contribution is -2.50. The summed E-state index contributed by atoms with van der Waals surface area (Å²) in [5.41, 5.74) is 0.582. The fourth-order valence-electron chi connectivity index (χ4n) is 4.34. The normalized spacial score (nSPS) is 30.1. The van der Waals surface area contributed by atoms with Crippen LogP contribution in [0.3, 0.4) is 0 Å². The van der Waals surface area contributed by atoms with Crippen LogP contribution in [0, 0.1) is 23.6 Å². The van der Waals surface area contributed by atoms with E-state index in [9.17, 15) is 9.18 Å². The third-order valence-electron chi connectivity index (χ3n) is 5.66. The van der Waals surface area contributed by atoms with Crippen LogP contribution in [0.1, 0.15) is 23.2 Å². The number of hydrogen-bond acceptors (Lipinski definition) is 2. The Labute approximate surface area is 136 Å². The number of halogens is 1. The highest BCUT2D eigenvalue weighted by molar-refractivity contribution is 5.94. The van der Waals surface area contributed by atoms with E-state index < -0.39 is 0 Å². The van der Waals surface area contributed by atoms with Gasteiger partial charge in [-0.2, -0.15) is 0 Å². The Hall–Kier alpha value is -1.68. The molecule has 3 aliphatic rings. The lowest BCUT2D eigenvalue weighted by atomic mass is 9.93. The monoisotopic (exact) mass is 314 g/mol. The van der Waals surface area contributed by atoms with Crippen molar-refractivity contribution < 1.29 is 9.18 Å². The largest absolute Gasteiger partial charge is 0.336 e. The molecule has 3 nitrogen and oxygen atoms in total. The van der Waals surface area contributed by atoms with Gasteiger partial charge in [-0.1, -0.05) is 12.2 Å². The SMILES string of the molecule is O=C(c1ccc(F)cc1)N1CCN(C[C@@H]2C[C@H]3C=C[C@H]2C3)CC1. The molecule has 0 radical (unpaired) electrons. The minimum Gasteiger partial charge on any atom is -0.336 e. The maximum atomic E-state index is 13.0. The van der Waals surface area contributed by atoms with E-state index >= 15 is 0 Å². The minimum absolute atomic E-state index is 0.0208. The number of benzene rings is 1. The van der Waals surface area contributed by atoms with E-state index in [1.54, 1.807) is 12.1 Å². The number of allylic oxidation sites excluding steroid dienone is 2. The maximum Gasteiger partial charge on any atom is 0.253 e. The smallest absolute Gasteiger partial charge is 0.253 e. The number of hydrogen-bond donors (Lipinski definition) is 0. The summed E-state index contributed by atoms with van der Waals surface area (Å²) in [5.74, 6) is 2.15. The highest BCUT2D eigenvalue weighted by Gasteiger charge is 2.36. The van der Waals surface area contributed by atoms with E-state index in [2.05, 4.69) is 17.1 Å². The summed E-state index contributed by atoms with van der Waals surface area (Å²) >= 11 is 0. The van der Waals surface area contributed by atoms with Gasteiger partial charge in [0.1, 0.15) is 5.82 Å². The Balaban J connectivity index is 1.29. The molecule has 4 rings (SSSR count). The van der Waals surface area contributed by atoms with Crippen molar-refractivity contribution in [2.45, 2.75) is 12.8 Å². The lowest BCUT2D eigenvalue weighted by molar-refractivity contribution is 0.0610. The highest BCUT2D eigenvalue weighted by atomic mass is 19.1. The van der Waals surface area contributed by atoms with Crippen LogP contribution < -0.4 is 0 Å². The molecule has 2 aliphatic carbocycles. The predicted molar refractivity (Wildman–Crippen MR) is 87.6 cm³/mol. The third-order valence-corrected chi connectivity index (χ3v) is 5.66. The molecule has 1 amide bonds. The molecule has 122 valence electrons. The van der Waals surface area contributed by atoms with Crippen LogP contribution in [0.2, 0.25) is 0 Å². The molecule has 1 heterocycles. The summed E-state index contributed by atoms with van der Waals surface area (Å²) < 4.78 is 13.0. The highest BCUT2D eigenvalue weighted by Crippen LogP contribution is 2.43. The number of nitrogens with zero attached hydrogens (tertiary/aromatic N) is 2. The van der Waals surface area contributed by atoms with Gasteiger partial charge in [0.2, 0.25) is 0 Å². The topological polar surface area (TPSA) is 23.6 Å². The zero-order valence-corrected chi connectivity index (χ0v) is 13.3. The second kappa shape index (κ2) is 6.08. The van der Waals surface area contributed by atoms with Gasteiger partial charge in [0.25, 0.3) is 5.91 Å². The standard InChI is InChI=1S/C19H23FN2O/c20-18-5-3-15(4-6-18)19(23)22-9-7-21(8-10-22)13-17-12-14-1-2-16(17)11-14/h1-6,14,16-17H,7-13H2/t14-,16-,17-/m0/s1.